The lowest BCUT2D eigenvalue weighted by molar-refractivity contribution is 0.102. The highest BCUT2D eigenvalue weighted by Crippen LogP contribution is 2.42. The van der Waals surface area contributed by atoms with Crippen LogP contribution in [0.15, 0.2) is 125 Å². The Hall–Kier alpha value is -7.20. The van der Waals surface area contributed by atoms with Crippen LogP contribution in [0.1, 0.15) is 37.5 Å². The highest BCUT2D eigenvalue weighted by molar-refractivity contribution is 7.92. The van der Waals surface area contributed by atoms with Gasteiger partial charge in [0.25, 0.3) is 0 Å². The van der Waals surface area contributed by atoms with E-state index in [9.17, 15) is 18.3 Å². The fraction of sp³-hybridized carbons (Fsp3) is 0.261. The first kappa shape index (κ1) is 47.8. The lowest BCUT2D eigenvalue weighted by Crippen LogP contribution is -2.48. The summed E-state index contributed by atoms with van der Waals surface area (Å²) in [5.74, 6) is 1.90. The molecule has 3 N–H and O–H groups in total. The first-order valence-corrected chi connectivity index (χ1v) is 23.7. The van der Waals surface area contributed by atoms with Gasteiger partial charge in [0.15, 0.2) is 5.82 Å². The number of methoxy groups -OCH3 is 3. The lowest BCUT2D eigenvalue weighted by Gasteiger charge is -2.33. The smallest absolute Gasteiger partial charge is 0.407 e. The maximum Gasteiger partial charge on any atom is 0.407 e. The molecule has 1 amide bonds. The number of sulfonamides is 2. The van der Waals surface area contributed by atoms with Crippen molar-refractivity contribution in [3.63, 3.8) is 0 Å². The van der Waals surface area contributed by atoms with Crippen molar-refractivity contribution in [2.75, 3.05) is 34.4 Å². The molecule has 19 nitrogen and oxygen atoms in total. The largest absolute Gasteiger partial charge is 0.497 e. The van der Waals surface area contributed by atoms with Crippen LogP contribution in [-0.2, 0) is 39.7 Å². The predicted octanol–water partition coefficient (Wildman–Crippen LogP) is 6.31. The maximum atomic E-state index is 16.0. The number of benzene rings is 5. The van der Waals surface area contributed by atoms with Gasteiger partial charge in [0.1, 0.15) is 33.4 Å². The van der Waals surface area contributed by atoms with Crippen LogP contribution < -0.4 is 18.9 Å². The molecule has 67 heavy (non-hydrogen) atoms. The SMILES string of the molecule is COc1ccc(CN(Cc2ccc(OC)cc2)S(=O)(=O)c2c(S(=O)(=O)NCCN(C(=O)O)C(C)(C)C)ccc(-c3cccc(-c4nc[nH]n4)c3)c2-c2nnn(Cc3ccc(OC)cc3)n2)cc1. The van der Waals surface area contributed by atoms with Crippen molar-refractivity contribution in [2.45, 2.75) is 55.7 Å². The summed E-state index contributed by atoms with van der Waals surface area (Å²) in [6, 6.07) is 30.5. The standard InChI is InChI=1S/C46H50N10O9S2/c1-46(2,3)55(45(57)58)25-24-49-66(59,60)40-23-22-39(34-8-7-9-35(26-34)43-47-30-48-50-43)41(44-51-53-56(52-44)29-33-14-20-38(65-6)21-15-33)42(40)67(61,62)54(27-31-10-16-36(63-4)17-11-31)28-32-12-18-37(64-5)19-13-32/h7-23,26,30,49H,24-25,27-29H2,1-6H3,(H,57,58)(H,47,48,50). The molecule has 0 saturated carbocycles. The van der Waals surface area contributed by atoms with E-state index in [1.165, 1.54) is 41.8 Å². The molecule has 7 rings (SSSR count). The number of carbonyl (C=O) groups is 1. The van der Waals surface area contributed by atoms with Gasteiger partial charge in [0.2, 0.25) is 25.9 Å². The van der Waals surface area contributed by atoms with E-state index in [0.717, 1.165) is 10.5 Å². The molecule has 2 heterocycles. The van der Waals surface area contributed by atoms with E-state index in [4.69, 9.17) is 19.3 Å². The molecule has 21 heteroatoms. The van der Waals surface area contributed by atoms with Crippen LogP contribution in [-0.4, -0.2) is 113 Å². The second kappa shape index (κ2) is 20.1. The predicted molar refractivity (Wildman–Crippen MR) is 248 cm³/mol. The first-order valence-electron chi connectivity index (χ1n) is 20.8. The van der Waals surface area contributed by atoms with Gasteiger partial charge in [-0.3, -0.25) is 5.10 Å². The van der Waals surface area contributed by atoms with Crippen LogP contribution in [0.25, 0.3) is 33.9 Å². The van der Waals surface area contributed by atoms with Crippen LogP contribution in [0.3, 0.4) is 0 Å². The summed E-state index contributed by atoms with van der Waals surface area (Å²) in [6.45, 7) is 4.08. The summed E-state index contributed by atoms with van der Waals surface area (Å²) in [5.41, 5.74) is 2.14. The highest BCUT2D eigenvalue weighted by Gasteiger charge is 2.38. The Morgan fingerprint density at radius 1 is 0.761 bits per heavy atom. The van der Waals surface area contributed by atoms with Crippen LogP contribution in [0, 0.1) is 0 Å². The zero-order valence-corrected chi connectivity index (χ0v) is 39.2. The molecule has 0 aliphatic heterocycles. The molecule has 350 valence electrons. The number of ether oxygens (including phenoxy) is 3. The van der Waals surface area contributed by atoms with E-state index in [1.807, 2.05) is 12.1 Å². The third-order valence-electron chi connectivity index (χ3n) is 10.7. The zero-order valence-electron chi connectivity index (χ0n) is 37.6. The average Bonchev–Trinajstić information content (AvgIpc) is 4.04. The van der Waals surface area contributed by atoms with Crippen molar-refractivity contribution in [3.8, 4) is 51.2 Å². The van der Waals surface area contributed by atoms with E-state index >= 15 is 8.42 Å². The van der Waals surface area contributed by atoms with Crippen molar-refractivity contribution >= 4 is 26.1 Å². The van der Waals surface area contributed by atoms with Crippen molar-refractivity contribution in [1.82, 2.24) is 49.3 Å². The Kier molecular flexibility index (Phi) is 14.3. The van der Waals surface area contributed by atoms with Gasteiger partial charge < -0.3 is 24.2 Å². The van der Waals surface area contributed by atoms with E-state index in [-0.39, 0.29) is 49.7 Å². The molecule has 0 spiro atoms. The fourth-order valence-corrected chi connectivity index (χ4v) is 10.7. The molecule has 0 aliphatic carbocycles. The molecule has 0 fully saturated rings. The molecular weight excluding hydrogens is 901 g/mol. The number of tetrazole rings is 1. The molecule has 0 unspecified atom stereocenters. The van der Waals surface area contributed by atoms with Gasteiger partial charge in [-0.25, -0.2) is 31.3 Å². The van der Waals surface area contributed by atoms with Crippen LogP contribution >= 0.6 is 0 Å². The minimum absolute atomic E-state index is 0.114. The Morgan fingerprint density at radius 2 is 1.33 bits per heavy atom. The number of amides is 1. The van der Waals surface area contributed by atoms with Gasteiger partial charge in [-0.1, -0.05) is 60.7 Å². The van der Waals surface area contributed by atoms with Crippen LogP contribution in [0.4, 0.5) is 4.79 Å². The van der Waals surface area contributed by atoms with Crippen molar-refractivity contribution in [3.05, 3.63) is 132 Å². The Bertz CT molecular complexity index is 2980. The summed E-state index contributed by atoms with van der Waals surface area (Å²) in [7, 11) is -5.15. The van der Waals surface area contributed by atoms with E-state index in [2.05, 4.69) is 30.2 Å². The van der Waals surface area contributed by atoms with Gasteiger partial charge >= 0.3 is 6.09 Å². The number of nitrogens with zero attached hydrogens (tertiary/aromatic N) is 8. The topological polar surface area (TPSA) is 237 Å². The Morgan fingerprint density at radius 3 is 1.85 bits per heavy atom. The summed E-state index contributed by atoms with van der Waals surface area (Å²) in [6.07, 6.45) is 0.165. The lowest BCUT2D eigenvalue weighted by atomic mass is 9.97. The van der Waals surface area contributed by atoms with E-state index < -0.39 is 41.5 Å². The first-order chi connectivity index (χ1) is 32.0. The number of hydrogen-bond donors (Lipinski definition) is 3. The maximum absolute atomic E-state index is 16.0. The second-order valence-electron chi connectivity index (χ2n) is 16.2. The number of nitrogens with one attached hydrogen (secondary N) is 2. The summed E-state index contributed by atoms with van der Waals surface area (Å²) in [4.78, 5) is 17.6. The zero-order chi connectivity index (χ0) is 47.9. The van der Waals surface area contributed by atoms with E-state index in [1.54, 1.807) is 113 Å². The van der Waals surface area contributed by atoms with Crippen molar-refractivity contribution in [2.24, 2.45) is 0 Å². The van der Waals surface area contributed by atoms with Crippen LogP contribution in [0.5, 0.6) is 17.2 Å². The van der Waals surface area contributed by atoms with Gasteiger partial charge in [0, 0.05) is 37.3 Å². The molecule has 0 saturated heterocycles. The molecule has 0 radical (unpaired) electrons. The third-order valence-corrected chi connectivity index (χ3v) is 14.2. The summed E-state index contributed by atoms with van der Waals surface area (Å²) < 4.78 is 81.5. The van der Waals surface area contributed by atoms with Gasteiger partial charge in [-0.05, 0) is 102 Å². The minimum Gasteiger partial charge on any atom is -0.497 e. The number of aromatic amines is 1. The quantitative estimate of drug-likeness (QED) is 0.0806. The Labute approximate surface area is 388 Å². The third kappa shape index (κ3) is 11.1. The molecule has 2 aromatic heterocycles. The van der Waals surface area contributed by atoms with Gasteiger partial charge in [-0.15, -0.1) is 10.2 Å². The molecule has 7 aromatic rings. The number of aromatic nitrogens is 7. The molecule has 0 aliphatic rings. The van der Waals surface area contributed by atoms with Crippen molar-refractivity contribution in [1.29, 1.82) is 0 Å². The average molecular weight is 951 g/mol. The molecular formula is C46H50N10O9S2. The second-order valence-corrected chi connectivity index (χ2v) is 19.8. The number of H-pyrrole nitrogens is 1. The highest BCUT2D eigenvalue weighted by atomic mass is 32.2. The van der Waals surface area contributed by atoms with Crippen molar-refractivity contribution < 1.29 is 40.9 Å². The summed E-state index contributed by atoms with van der Waals surface area (Å²) >= 11 is 0. The number of hydrogen-bond acceptors (Lipinski definition) is 13. The number of carboxylic acid groups (broad SMARTS) is 1. The normalized spacial score (nSPS) is 12.0. The Balaban J connectivity index is 1.48. The monoisotopic (exact) mass is 950 g/mol. The van der Waals surface area contributed by atoms with Gasteiger partial charge in [0.05, 0.1) is 33.4 Å². The minimum atomic E-state index is -4.95. The molecule has 0 bridgehead atoms. The van der Waals surface area contributed by atoms with Crippen LogP contribution in [0.2, 0.25) is 0 Å². The fourth-order valence-electron chi connectivity index (χ4n) is 7.28. The van der Waals surface area contributed by atoms with E-state index in [0.29, 0.717) is 45.3 Å². The molecule has 0 atom stereocenters. The molecule has 5 aromatic carbocycles. The summed E-state index contributed by atoms with van der Waals surface area (Å²) in [5, 5.41) is 30.3. The van der Waals surface area contributed by atoms with Gasteiger partial charge in [-0.2, -0.15) is 14.2 Å². The number of rotatable bonds is 19.